The molecule has 1 amide bonds. The summed E-state index contributed by atoms with van der Waals surface area (Å²) in [5.74, 6) is -0.359. The number of rotatable bonds is 5. The fourth-order valence-electron chi connectivity index (χ4n) is 4.57. The minimum atomic E-state index is -0.574. The van der Waals surface area contributed by atoms with Crippen molar-refractivity contribution in [3.8, 4) is 39.7 Å². The van der Waals surface area contributed by atoms with Gasteiger partial charge in [-0.05, 0) is 35.7 Å². The molecule has 10 nitrogen and oxygen atoms in total. The first-order valence-electron chi connectivity index (χ1n) is 12.6. The molecule has 0 unspecified atom stereocenters. The summed E-state index contributed by atoms with van der Waals surface area (Å²) in [6, 6.07) is 9.31. The van der Waals surface area contributed by atoms with E-state index in [1.165, 1.54) is 12.1 Å². The Bertz CT molecular complexity index is 1880. The standard InChI is InChI=1S/C29H25FN8O2/c1-29(2,3)11-23(40)34-19-7-16(12-31-14-19)17-9-21-25(37-38-27(21)33-13-17)28-35-22-4-5-32-24(26(22)36-28)15-6-18(30)10-20(39)8-15/h4-10,12-14,39H,11H2,1-3H3,(H,34,40)(H,35,36)(H,33,37,38). The number of aromatic amines is 2. The van der Waals surface area contributed by atoms with E-state index < -0.39 is 5.82 Å². The van der Waals surface area contributed by atoms with Gasteiger partial charge in [-0.2, -0.15) is 5.10 Å². The Morgan fingerprint density at radius 3 is 2.65 bits per heavy atom. The number of anilines is 1. The molecule has 0 fully saturated rings. The monoisotopic (exact) mass is 536 g/mol. The number of hydrogen-bond acceptors (Lipinski definition) is 7. The van der Waals surface area contributed by atoms with Gasteiger partial charge in [-0.15, -0.1) is 0 Å². The van der Waals surface area contributed by atoms with Crippen LogP contribution in [0.3, 0.4) is 0 Å². The van der Waals surface area contributed by atoms with Gasteiger partial charge in [0.25, 0.3) is 0 Å². The number of halogens is 1. The summed E-state index contributed by atoms with van der Waals surface area (Å²) >= 11 is 0. The molecule has 0 radical (unpaired) electrons. The lowest BCUT2D eigenvalue weighted by Gasteiger charge is -2.17. The topological polar surface area (TPSA) is 145 Å². The molecule has 0 spiro atoms. The molecule has 5 heterocycles. The highest BCUT2D eigenvalue weighted by molar-refractivity contribution is 5.96. The summed E-state index contributed by atoms with van der Waals surface area (Å²) in [5, 5.41) is 20.9. The van der Waals surface area contributed by atoms with Crippen LogP contribution in [-0.2, 0) is 4.79 Å². The van der Waals surface area contributed by atoms with E-state index in [1.54, 1.807) is 30.9 Å². The van der Waals surface area contributed by atoms with Gasteiger partial charge in [0.05, 0.1) is 28.5 Å². The lowest BCUT2D eigenvalue weighted by atomic mass is 9.92. The first kappa shape index (κ1) is 25.1. The van der Waals surface area contributed by atoms with Gasteiger partial charge in [-0.3, -0.25) is 19.9 Å². The first-order valence-corrected chi connectivity index (χ1v) is 12.6. The normalized spacial score (nSPS) is 11.8. The number of aromatic nitrogens is 7. The molecule has 0 aliphatic rings. The number of imidazole rings is 1. The molecule has 0 atom stereocenters. The second-order valence-electron chi connectivity index (χ2n) is 10.8. The number of H-pyrrole nitrogens is 2. The van der Waals surface area contributed by atoms with Gasteiger partial charge in [-0.1, -0.05) is 20.8 Å². The van der Waals surface area contributed by atoms with Crippen molar-refractivity contribution < 1.29 is 14.3 Å². The van der Waals surface area contributed by atoms with Crippen LogP contribution in [0.2, 0.25) is 0 Å². The van der Waals surface area contributed by atoms with Crippen LogP contribution < -0.4 is 5.32 Å². The van der Waals surface area contributed by atoms with Crippen molar-refractivity contribution in [3.63, 3.8) is 0 Å². The number of phenolic OH excluding ortho intramolecular Hbond substituents is 1. The van der Waals surface area contributed by atoms with Gasteiger partial charge >= 0.3 is 0 Å². The minimum absolute atomic E-state index is 0.0793. The number of fused-ring (bicyclic) bond motifs is 2. The number of benzene rings is 1. The van der Waals surface area contributed by atoms with Crippen LogP contribution in [0, 0.1) is 11.2 Å². The molecule has 6 aromatic rings. The van der Waals surface area contributed by atoms with Gasteiger partial charge in [-0.25, -0.2) is 14.4 Å². The zero-order valence-corrected chi connectivity index (χ0v) is 22.0. The highest BCUT2D eigenvalue weighted by Gasteiger charge is 2.18. The Balaban J connectivity index is 1.37. The van der Waals surface area contributed by atoms with Crippen molar-refractivity contribution >= 4 is 33.7 Å². The van der Waals surface area contributed by atoms with E-state index in [2.05, 4.69) is 35.5 Å². The van der Waals surface area contributed by atoms with E-state index in [0.29, 0.717) is 51.6 Å². The number of hydrogen-bond donors (Lipinski definition) is 4. The average Bonchev–Trinajstić information content (AvgIpc) is 3.50. The largest absolute Gasteiger partial charge is 0.508 e. The van der Waals surface area contributed by atoms with Crippen LogP contribution in [0.5, 0.6) is 5.75 Å². The fourth-order valence-corrected chi connectivity index (χ4v) is 4.57. The van der Waals surface area contributed by atoms with Crippen LogP contribution in [0.25, 0.3) is 56.0 Å². The van der Waals surface area contributed by atoms with Gasteiger partial charge < -0.3 is 15.4 Å². The lowest BCUT2D eigenvalue weighted by Crippen LogP contribution is -2.19. The van der Waals surface area contributed by atoms with Gasteiger partial charge in [0.2, 0.25) is 5.91 Å². The maximum atomic E-state index is 14.0. The van der Waals surface area contributed by atoms with E-state index >= 15 is 0 Å². The van der Waals surface area contributed by atoms with E-state index in [4.69, 9.17) is 4.98 Å². The summed E-state index contributed by atoms with van der Waals surface area (Å²) in [7, 11) is 0. The van der Waals surface area contributed by atoms with Crippen LogP contribution in [0.15, 0.2) is 61.2 Å². The predicted molar refractivity (Wildman–Crippen MR) is 150 cm³/mol. The Labute approximate surface area is 227 Å². The van der Waals surface area contributed by atoms with Crippen molar-refractivity contribution in [2.75, 3.05) is 5.32 Å². The number of carbonyl (C=O) groups is 1. The highest BCUT2D eigenvalue weighted by Crippen LogP contribution is 2.33. The number of amides is 1. The zero-order valence-electron chi connectivity index (χ0n) is 22.0. The average molecular weight is 537 g/mol. The summed E-state index contributed by atoms with van der Waals surface area (Å²) < 4.78 is 14.0. The van der Waals surface area contributed by atoms with Gasteiger partial charge in [0, 0.05) is 47.8 Å². The third kappa shape index (κ3) is 4.96. The smallest absolute Gasteiger partial charge is 0.224 e. The number of aromatic hydroxyl groups is 1. The molecule has 4 N–H and O–H groups in total. The van der Waals surface area contributed by atoms with Crippen LogP contribution in [0.4, 0.5) is 10.1 Å². The molecule has 11 heteroatoms. The molecule has 5 aromatic heterocycles. The number of phenols is 1. The van der Waals surface area contributed by atoms with Gasteiger partial charge in [0.15, 0.2) is 11.5 Å². The SMILES string of the molecule is CC(C)(C)CC(=O)Nc1cncc(-c2cnc3n[nH]c(-c4nc5c(-c6cc(O)cc(F)c6)nccc5[nH]4)c3c2)c1. The second kappa shape index (κ2) is 9.53. The van der Waals surface area contributed by atoms with Crippen molar-refractivity contribution in [3.05, 3.63) is 67.0 Å². The van der Waals surface area contributed by atoms with Crippen LogP contribution in [-0.4, -0.2) is 46.1 Å². The zero-order chi connectivity index (χ0) is 28.0. The van der Waals surface area contributed by atoms with E-state index in [9.17, 15) is 14.3 Å². The van der Waals surface area contributed by atoms with Gasteiger partial charge in [0.1, 0.15) is 22.8 Å². The molecule has 0 saturated heterocycles. The number of pyridine rings is 3. The second-order valence-corrected chi connectivity index (χ2v) is 10.8. The predicted octanol–water partition coefficient (Wildman–Crippen LogP) is 5.84. The summed E-state index contributed by atoms with van der Waals surface area (Å²) in [5.41, 5.74) is 5.15. The summed E-state index contributed by atoms with van der Waals surface area (Å²) in [4.78, 5) is 33.6. The van der Waals surface area contributed by atoms with E-state index in [0.717, 1.165) is 22.6 Å². The lowest BCUT2D eigenvalue weighted by molar-refractivity contribution is -0.117. The quantitative estimate of drug-likeness (QED) is 0.216. The molecule has 0 bridgehead atoms. The maximum absolute atomic E-state index is 14.0. The molecule has 200 valence electrons. The molecule has 0 aliphatic carbocycles. The number of nitrogens with one attached hydrogen (secondary N) is 3. The minimum Gasteiger partial charge on any atom is -0.508 e. The molecular weight excluding hydrogens is 511 g/mol. The Morgan fingerprint density at radius 1 is 1.02 bits per heavy atom. The summed E-state index contributed by atoms with van der Waals surface area (Å²) in [6.45, 7) is 6.03. The first-order chi connectivity index (χ1) is 19.1. The third-order valence-corrected chi connectivity index (χ3v) is 6.25. The van der Waals surface area contributed by atoms with Crippen LogP contribution >= 0.6 is 0 Å². The number of nitrogens with zero attached hydrogens (tertiary/aromatic N) is 5. The van der Waals surface area contributed by atoms with Crippen molar-refractivity contribution in [2.24, 2.45) is 5.41 Å². The molecule has 0 saturated carbocycles. The van der Waals surface area contributed by atoms with Crippen molar-refractivity contribution in [1.29, 1.82) is 0 Å². The third-order valence-electron chi connectivity index (χ3n) is 6.25. The van der Waals surface area contributed by atoms with E-state index in [-0.39, 0.29) is 17.1 Å². The van der Waals surface area contributed by atoms with Crippen molar-refractivity contribution in [1.82, 2.24) is 35.1 Å². The number of carbonyl (C=O) groups excluding carboxylic acids is 1. The molecule has 1 aromatic carbocycles. The Hall–Kier alpha value is -5.19. The molecule has 0 aliphatic heterocycles. The molecular formula is C29H25FN8O2. The maximum Gasteiger partial charge on any atom is 0.224 e. The van der Waals surface area contributed by atoms with Crippen molar-refractivity contribution in [2.45, 2.75) is 27.2 Å². The highest BCUT2D eigenvalue weighted by atomic mass is 19.1. The van der Waals surface area contributed by atoms with E-state index in [1.807, 2.05) is 32.9 Å². The Morgan fingerprint density at radius 2 is 1.85 bits per heavy atom. The molecule has 6 rings (SSSR count). The fraction of sp³-hybridized carbons (Fsp3) is 0.172. The molecule has 40 heavy (non-hydrogen) atoms. The summed E-state index contributed by atoms with van der Waals surface area (Å²) in [6.07, 6.45) is 6.99. The Kier molecular flexibility index (Phi) is 5.98. The van der Waals surface area contributed by atoms with Crippen LogP contribution in [0.1, 0.15) is 27.2 Å².